The smallest absolute Gasteiger partial charge is 0.138 e. The molecule has 6 heteroatoms. The van der Waals surface area contributed by atoms with E-state index < -0.39 is 0 Å². The van der Waals surface area contributed by atoms with E-state index in [2.05, 4.69) is 22.3 Å². The molecule has 1 aromatic heterocycles. The van der Waals surface area contributed by atoms with Gasteiger partial charge in [-0.2, -0.15) is 5.10 Å². The van der Waals surface area contributed by atoms with Gasteiger partial charge in [-0.25, -0.2) is 4.98 Å². The number of aryl methyl sites for hydroxylation is 1. The molecule has 1 aliphatic heterocycles. The van der Waals surface area contributed by atoms with Gasteiger partial charge in [0.25, 0.3) is 0 Å². The van der Waals surface area contributed by atoms with E-state index in [1.165, 1.54) is 0 Å². The molecule has 1 aromatic rings. The number of nitrogens with zero attached hydrogens (tertiary/aromatic N) is 3. The van der Waals surface area contributed by atoms with Gasteiger partial charge in [0.1, 0.15) is 12.2 Å². The van der Waals surface area contributed by atoms with E-state index in [1.54, 1.807) is 11.0 Å². The lowest BCUT2D eigenvalue weighted by Crippen LogP contribution is -2.48. The van der Waals surface area contributed by atoms with Gasteiger partial charge in [0.05, 0.1) is 25.9 Å². The van der Waals surface area contributed by atoms with Crippen molar-refractivity contribution in [2.75, 3.05) is 26.4 Å². The minimum absolute atomic E-state index is 0.0976. The van der Waals surface area contributed by atoms with Gasteiger partial charge in [-0.05, 0) is 6.54 Å². The molecule has 17 heavy (non-hydrogen) atoms. The highest BCUT2D eigenvalue weighted by Crippen LogP contribution is 2.10. The fourth-order valence-electron chi connectivity index (χ4n) is 2.04. The Morgan fingerprint density at radius 3 is 3.06 bits per heavy atom. The predicted octanol–water partition coefficient (Wildman–Crippen LogP) is -0.249. The van der Waals surface area contributed by atoms with Gasteiger partial charge in [-0.15, -0.1) is 0 Å². The minimum atomic E-state index is 0.0976. The third-order valence-electron chi connectivity index (χ3n) is 2.96. The first kappa shape index (κ1) is 12.5. The molecule has 1 fully saturated rings. The number of nitrogens with one attached hydrogen (secondary N) is 1. The first-order valence-electron chi connectivity index (χ1n) is 6.07. The first-order chi connectivity index (χ1) is 8.31. The predicted molar refractivity (Wildman–Crippen MR) is 62.7 cm³/mol. The summed E-state index contributed by atoms with van der Waals surface area (Å²) in [6, 6.07) is 0.225. The molecule has 2 heterocycles. The van der Waals surface area contributed by atoms with E-state index in [4.69, 9.17) is 9.47 Å². The van der Waals surface area contributed by atoms with Crippen LogP contribution in [0.1, 0.15) is 12.7 Å². The molecule has 0 amide bonds. The zero-order valence-corrected chi connectivity index (χ0v) is 10.4. The molecule has 0 saturated carbocycles. The quantitative estimate of drug-likeness (QED) is 0.769. The Kier molecular flexibility index (Phi) is 4.47. The lowest BCUT2D eigenvalue weighted by Gasteiger charge is -2.30. The molecule has 0 aromatic carbocycles. The lowest BCUT2D eigenvalue weighted by molar-refractivity contribution is -0.101. The standard InChI is InChI=1S/C11H20N4O2/c1-3-12-9(10-7-16-4-5-17-10)6-11-13-8-14-15(11)2/h8-10,12H,3-7H2,1-2H3. The van der Waals surface area contributed by atoms with E-state index >= 15 is 0 Å². The first-order valence-corrected chi connectivity index (χ1v) is 6.07. The van der Waals surface area contributed by atoms with Crippen molar-refractivity contribution in [3.8, 4) is 0 Å². The van der Waals surface area contributed by atoms with Crippen molar-refractivity contribution in [2.45, 2.75) is 25.5 Å². The van der Waals surface area contributed by atoms with Crippen molar-refractivity contribution in [1.82, 2.24) is 20.1 Å². The van der Waals surface area contributed by atoms with Crippen LogP contribution in [0.25, 0.3) is 0 Å². The average molecular weight is 240 g/mol. The van der Waals surface area contributed by atoms with Gasteiger partial charge in [0, 0.05) is 19.5 Å². The molecule has 1 saturated heterocycles. The van der Waals surface area contributed by atoms with Crippen LogP contribution in [-0.4, -0.2) is 53.3 Å². The van der Waals surface area contributed by atoms with Crippen LogP contribution in [-0.2, 0) is 22.9 Å². The molecule has 2 atom stereocenters. The van der Waals surface area contributed by atoms with Crippen molar-refractivity contribution < 1.29 is 9.47 Å². The highest BCUT2D eigenvalue weighted by molar-refractivity contribution is 4.92. The summed E-state index contributed by atoms with van der Waals surface area (Å²) >= 11 is 0. The molecule has 0 bridgehead atoms. The Morgan fingerprint density at radius 2 is 2.47 bits per heavy atom. The van der Waals surface area contributed by atoms with E-state index in [-0.39, 0.29) is 12.1 Å². The molecule has 2 rings (SSSR count). The zero-order valence-electron chi connectivity index (χ0n) is 10.4. The third kappa shape index (κ3) is 3.24. The summed E-state index contributed by atoms with van der Waals surface area (Å²) in [4.78, 5) is 4.25. The second-order valence-electron chi connectivity index (χ2n) is 4.15. The summed E-state index contributed by atoms with van der Waals surface area (Å²) < 4.78 is 13.0. The van der Waals surface area contributed by atoms with Crippen molar-refractivity contribution in [2.24, 2.45) is 7.05 Å². The molecule has 0 spiro atoms. The summed E-state index contributed by atoms with van der Waals surface area (Å²) in [5.41, 5.74) is 0. The second-order valence-corrected chi connectivity index (χ2v) is 4.15. The number of ether oxygens (including phenoxy) is 2. The van der Waals surface area contributed by atoms with Crippen molar-refractivity contribution in [3.05, 3.63) is 12.2 Å². The van der Waals surface area contributed by atoms with E-state index in [0.29, 0.717) is 19.8 Å². The second kappa shape index (κ2) is 6.09. The molecule has 1 N–H and O–H groups in total. The lowest BCUT2D eigenvalue weighted by atomic mass is 10.1. The summed E-state index contributed by atoms with van der Waals surface area (Å²) in [6.45, 7) is 5.01. The van der Waals surface area contributed by atoms with Gasteiger partial charge >= 0.3 is 0 Å². The van der Waals surface area contributed by atoms with Crippen LogP contribution in [0.3, 0.4) is 0 Å². The highest BCUT2D eigenvalue weighted by atomic mass is 16.6. The largest absolute Gasteiger partial charge is 0.376 e. The molecule has 2 unspecified atom stereocenters. The summed E-state index contributed by atoms with van der Waals surface area (Å²) in [7, 11) is 1.91. The number of rotatable bonds is 5. The number of hydrogen-bond acceptors (Lipinski definition) is 5. The normalized spacial score (nSPS) is 22.6. The maximum atomic E-state index is 5.74. The Labute approximate surface area is 101 Å². The third-order valence-corrected chi connectivity index (χ3v) is 2.96. The van der Waals surface area contributed by atoms with E-state index in [1.807, 2.05) is 7.05 Å². The molecule has 0 radical (unpaired) electrons. The van der Waals surface area contributed by atoms with Gasteiger partial charge in [-0.1, -0.05) is 6.92 Å². The Bertz CT molecular complexity index is 336. The molecular formula is C11H20N4O2. The minimum Gasteiger partial charge on any atom is -0.376 e. The monoisotopic (exact) mass is 240 g/mol. The number of aromatic nitrogens is 3. The highest BCUT2D eigenvalue weighted by Gasteiger charge is 2.25. The summed E-state index contributed by atoms with van der Waals surface area (Å²) in [5, 5.41) is 7.51. The van der Waals surface area contributed by atoms with Gasteiger partial charge in [0.15, 0.2) is 0 Å². The molecule has 1 aliphatic rings. The van der Waals surface area contributed by atoms with Crippen LogP contribution in [0, 0.1) is 0 Å². The summed E-state index contributed by atoms with van der Waals surface area (Å²) in [6.07, 6.45) is 2.48. The van der Waals surface area contributed by atoms with Crippen LogP contribution < -0.4 is 5.32 Å². The van der Waals surface area contributed by atoms with Gasteiger partial charge in [-0.3, -0.25) is 4.68 Å². The number of likely N-dealkylation sites (N-methyl/N-ethyl adjacent to an activating group) is 1. The SMILES string of the molecule is CCNC(Cc1ncnn1C)C1COCCO1. The van der Waals surface area contributed by atoms with Crippen LogP contribution >= 0.6 is 0 Å². The molecule has 0 aliphatic carbocycles. The van der Waals surface area contributed by atoms with Crippen molar-refractivity contribution in [1.29, 1.82) is 0 Å². The summed E-state index contributed by atoms with van der Waals surface area (Å²) in [5.74, 6) is 0.963. The van der Waals surface area contributed by atoms with Gasteiger partial charge < -0.3 is 14.8 Å². The molecule has 6 nitrogen and oxygen atoms in total. The van der Waals surface area contributed by atoms with E-state index in [9.17, 15) is 0 Å². The molecule has 96 valence electrons. The van der Waals surface area contributed by atoms with Crippen LogP contribution in [0.4, 0.5) is 0 Å². The Balaban J connectivity index is 1.98. The maximum Gasteiger partial charge on any atom is 0.138 e. The fraction of sp³-hybridized carbons (Fsp3) is 0.818. The zero-order chi connectivity index (χ0) is 12.1. The van der Waals surface area contributed by atoms with Crippen molar-refractivity contribution >= 4 is 0 Å². The van der Waals surface area contributed by atoms with Crippen LogP contribution in [0.2, 0.25) is 0 Å². The van der Waals surface area contributed by atoms with Gasteiger partial charge in [0.2, 0.25) is 0 Å². The van der Waals surface area contributed by atoms with E-state index in [0.717, 1.165) is 18.8 Å². The fourth-order valence-corrected chi connectivity index (χ4v) is 2.04. The Hall–Kier alpha value is -0.980. The average Bonchev–Trinajstić information content (AvgIpc) is 2.76. The number of hydrogen-bond donors (Lipinski definition) is 1. The van der Waals surface area contributed by atoms with Crippen molar-refractivity contribution in [3.63, 3.8) is 0 Å². The maximum absolute atomic E-state index is 5.74. The van der Waals surface area contributed by atoms with Crippen LogP contribution in [0.15, 0.2) is 6.33 Å². The molecular weight excluding hydrogens is 220 g/mol. The van der Waals surface area contributed by atoms with Crippen LogP contribution in [0.5, 0.6) is 0 Å². The topological polar surface area (TPSA) is 61.2 Å². The Morgan fingerprint density at radius 1 is 1.59 bits per heavy atom.